The van der Waals surface area contributed by atoms with Crippen molar-refractivity contribution in [1.29, 1.82) is 0 Å². The van der Waals surface area contributed by atoms with Crippen molar-refractivity contribution in [2.45, 2.75) is 33.4 Å². The third-order valence-electron chi connectivity index (χ3n) is 3.85. The van der Waals surface area contributed by atoms with Gasteiger partial charge in [-0.25, -0.2) is 14.8 Å². The summed E-state index contributed by atoms with van der Waals surface area (Å²) in [5, 5.41) is 16.8. The average Bonchev–Trinajstić information content (AvgIpc) is 2.92. The van der Waals surface area contributed by atoms with E-state index in [-0.39, 0.29) is 11.6 Å². The Labute approximate surface area is 151 Å². The van der Waals surface area contributed by atoms with Gasteiger partial charge in [0.05, 0.1) is 29.2 Å². The van der Waals surface area contributed by atoms with Crippen LogP contribution in [0.25, 0.3) is 11.4 Å². The van der Waals surface area contributed by atoms with E-state index in [0.29, 0.717) is 23.9 Å². The number of aromatic nitrogens is 5. The minimum absolute atomic E-state index is 0.0570. The fraction of sp³-hybridized carbons (Fsp3) is 0.278. The molecule has 3 aromatic rings. The molecule has 0 fully saturated rings. The number of pyridine rings is 1. The highest BCUT2D eigenvalue weighted by atomic mass is 16.4. The third kappa shape index (κ3) is 4.02. The Morgan fingerprint density at radius 1 is 1.19 bits per heavy atom. The first-order valence-electron chi connectivity index (χ1n) is 8.22. The topological polar surface area (TPSA) is 106 Å². The van der Waals surface area contributed by atoms with Gasteiger partial charge in [-0.1, -0.05) is 0 Å². The standard InChI is InChI=1S/C18H20N6O2/c1-11-8-13(3)24(23-11)10-12(2)21-18-20-7-5-15(22-18)16-9-14(17(25)26)4-6-19-16/h4-9,12H,10H2,1-3H3,(H,25,26)(H,20,21,22)/t12-/m1/s1. The summed E-state index contributed by atoms with van der Waals surface area (Å²) in [4.78, 5) is 24.0. The largest absolute Gasteiger partial charge is 0.478 e. The molecule has 0 spiro atoms. The van der Waals surface area contributed by atoms with Crippen molar-refractivity contribution >= 4 is 11.9 Å². The number of nitrogens with one attached hydrogen (secondary N) is 1. The molecule has 8 heteroatoms. The Bertz CT molecular complexity index is 937. The van der Waals surface area contributed by atoms with Crippen LogP contribution in [-0.2, 0) is 6.54 Å². The van der Waals surface area contributed by atoms with E-state index in [1.54, 1.807) is 12.3 Å². The van der Waals surface area contributed by atoms with Crippen LogP contribution in [-0.4, -0.2) is 41.9 Å². The number of hydrogen-bond donors (Lipinski definition) is 2. The van der Waals surface area contributed by atoms with Gasteiger partial charge in [0.15, 0.2) is 0 Å². The molecular weight excluding hydrogens is 332 g/mol. The molecule has 26 heavy (non-hydrogen) atoms. The lowest BCUT2D eigenvalue weighted by Crippen LogP contribution is -2.24. The Hall–Kier alpha value is -3.29. The van der Waals surface area contributed by atoms with Crippen LogP contribution in [0.1, 0.15) is 28.7 Å². The average molecular weight is 352 g/mol. The number of rotatable bonds is 6. The number of aryl methyl sites for hydroxylation is 2. The number of hydrogen-bond acceptors (Lipinski definition) is 6. The van der Waals surface area contributed by atoms with E-state index in [9.17, 15) is 4.79 Å². The van der Waals surface area contributed by atoms with Gasteiger partial charge in [-0.3, -0.25) is 9.67 Å². The molecule has 1 atom stereocenters. The van der Waals surface area contributed by atoms with Crippen LogP contribution in [0.3, 0.4) is 0 Å². The van der Waals surface area contributed by atoms with E-state index < -0.39 is 5.97 Å². The van der Waals surface area contributed by atoms with Crippen molar-refractivity contribution in [2.24, 2.45) is 0 Å². The maximum Gasteiger partial charge on any atom is 0.335 e. The zero-order chi connectivity index (χ0) is 18.7. The van der Waals surface area contributed by atoms with Crippen LogP contribution in [0.2, 0.25) is 0 Å². The minimum atomic E-state index is -1.00. The van der Waals surface area contributed by atoms with E-state index in [1.165, 1.54) is 18.3 Å². The second-order valence-corrected chi connectivity index (χ2v) is 6.15. The SMILES string of the molecule is Cc1cc(C)n(C[C@@H](C)Nc2nccc(-c3cc(C(=O)O)ccn3)n2)n1. The predicted octanol–water partition coefficient (Wildman–Crippen LogP) is 2.55. The molecule has 0 aliphatic rings. The van der Waals surface area contributed by atoms with E-state index in [1.807, 2.05) is 31.5 Å². The van der Waals surface area contributed by atoms with Gasteiger partial charge in [0.2, 0.25) is 5.95 Å². The number of carboxylic acids is 1. The maximum atomic E-state index is 11.1. The summed E-state index contributed by atoms with van der Waals surface area (Å²) < 4.78 is 1.94. The highest BCUT2D eigenvalue weighted by Gasteiger charge is 2.11. The van der Waals surface area contributed by atoms with Crippen LogP contribution in [0.5, 0.6) is 0 Å². The summed E-state index contributed by atoms with van der Waals surface area (Å²) in [6, 6.07) is 6.73. The highest BCUT2D eigenvalue weighted by molar-refractivity contribution is 5.88. The molecule has 0 saturated heterocycles. The third-order valence-corrected chi connectivity index (χ3v) is 3.85. The van der Waals surface area contributed by atoms with Gasteiger partial charge < -0.3 is 10.4 Å². The molecule has 0 aliphatic heterocycles. The van der Waals surface area contributed by atoms with Crippen molar-refractivity contribution in [3.63, 3.8) is 0 Å². The first kappa shape index (κ1) is 17.5. The number of carboxylic acid groups (broad SMARTS) is 1. The molecule has 0 unspecified atom stereocenters. The molecule has 0 aromatic carbocycles. The Morgan fingerprint density at radius 2 is 1.96 bits per heavy atom. The van der Waals surface area contributed by atoms with Gasteiger partial charge in [-0.05, 0) is 45.0 Å². The fourth-order valence-corrected chi connectivity index (χ4v) is 2.66. The minimum Gasteiger partial charge on any atom is -0.478 e. The van der Waals surface area contributed by atoms with E-state index in [0.717, 1.165) is 11.4 Å². The second kappa shape index (κ2) is 7.30. The van der Waals surface area contributed by atoms with Crippen LogP contribution >= 0.6 is 0 Å². The second-order valence-electron chi connectivity index (χ2n) is 6.15. The molecule has 134 valence electrons. The van der Waals surface area contributed by atoms with Crippen molar-refractivity contribution in [1.82, 2.24) is 24.7 Å². The summed E-state index contributed by atoms with van der Waals surface area (Å²) in [6.07, 6.45) is 3.08. The van der Waals surface area contributed by atoms with E-state index >= 15 is 0 Å². The summed E-state index contributed by atoms with van der Waals surface area (Å²) in [6.45, 7) is 6.69. The summed E-state index contributed by atoms with van der Waals surface area (Å²) in [7, 11) is 0. The van der Waals surface area contributed by atoms with E-state index in [2.05, 4.69) is 25.4 Å². The van der Waals surface area contributed by atoms with Crippen molar-refractivity contribution < 1.29 is 9.90 Å². The van der Waals surface area contributed by atoms with Crippen LogP contribution in [0.15, 0.2) is 36.7 Å². The van der Waals surface area contributed by atoms with Crippen molar-refractivity contribution in [2.75, 3.05) is 5.32 Å². The van der Waals surface area contributed by atoms with Gasteiger partial charge in [0.25, 0.3) is 0 Å². The molecule has 0 bridgehead atoms. The first-order chi connectivity index (χ1) is 12.4. The van der Waals surface area contributed by atoms with Crippen molar-refractivity contribution in [3.8, 4) is 11.4 Å². The van der Waals surface area contributed by atoms with Crippen LogP contribution < -0.4 is 5.32 Å². The smallest absolute Gasteiger partial charge is 0.335 e. The fourth-order valence-electron chi connectivity index (χ4n) is 2.66. The molecule has 0 saturated carbocycles. The van der Waals surface area contributed by atoms with E-state index in [4.69, 9.17) is 5.11 Å². The maximum absolute atomic E-state index is 11.1. The molecule has 3 aromatic heterocycles. The molecule has 0 amide bonds. The van der Waals surface area contributed by atoms with Gasteiger partial charge in [-0.2, -0.15) is 5.10 Å². The quantitative estimate of drug-likeness (QED) is 0.702. The number of anilines is 1. The van der Waals surface area contributed by atoms with Crippen LogP contribution in [0.4, 0.5) is 5.95 Å². The Kier molecular flexibility index (Phi) is 4.92. The molecule has 3 rings (SSSR count). The number of carbonyl (C=O) groups is 1. The summed E-state index contributed by atoms with van der Waals surface area (Å²) >= 11 is 0. The zero-order valence-corrected chi connectivity index (χ0v) is 14.8. The van der Waals surface area contributed by atoms with Gasteiger partial charge in [0.1, 0.15) is 0 Å². The lowest BCUT2D eigenvalue weighted by Gasteiger charge is -2.15. The molecule has 3 heterocycles. The predicted molar refractivity (Wildman–Crippen MR) is 97.0 cm³/mol. The Morgan fingerprint density at radius 3 is 2.65 bits per heavy atom. The molecule has 2 N–H and O–H groups in total. The Balaban J connectivity index is 1.76. The molecule has 0 radical (unpaired) electrons. The normalized spacial score (nSPS) is 12.0. The summed E-state index contributed by atoms with van der Waals surface area (Å²) in [5.74, 6) is -0.543. The first-order valence-corrected chi connectivity index (χ1v) is 8.22. The van der Waals surface area contributed by atoms with Crippen molar-refractivity contribution in [3.05, 3.63) is 53.6 Å². The van der Waals surface area contributed by atoms with Gasteiger partial charge >= 0.3 is 5.97 Å². The van der Waals surface area contributed by atoms with Gasteiger partial charge in [0, 0.05) is 24.1 Å². The zero-order valence-electron chi connectivity index (χ0n) is 14.8. The molecular formula is C18H20N6O2. The number of aromatic carboxylic acids is 1. The molecule has 0 aliphatic carbocycles. The number of nitrogens with zero attached hydrogens (tertiary/aromatic N) is 5. The molecule has 8 nitrogen and oxygen atoms in total. The van der Waals surface area contributed by atoms with Gasteiger partial charge in [-0.15, -0.1) is 0 Å². The summed E-state index contributed by atoms with van der Waals surface area (Å²) in [5.41, 5.74) is 3.30. The monoisotopic (exact) mass is 352 g/mol. The lowest BCUT2D eigenvalue weighted by atomic mass is 10.2. The highest BCUT2D eigenvalue weighted by Crippen LogP contribution is 2.17. The lowest BCUT2D eigenvalue weighted by molar-refractivity contribution is 0.0697. The van der Waals surface area contributed by atoms with Crippen LogP contribution in [0, 0.1) is 13.8 Å².